The van der Waals surface area contributed by atoms with Crippen LogP contribution in [0.2, 0.25) is 0 Å². The first-order valence-corrected chi connectivity index (χ1v) is 41.8. The monoisotopic (exact) mass is 1530 g/mol. The van der Waals surface area contributed by atoms with E-state index in [1.165, 1.54) is 57.3 Å². The normalized spacial score (nSPS) is 25.0. The van der Waals surface area contributed by atoms with Gasteiger partial charge in [-0.15, -0.1) is 0 Å². The van der Waals surface area contributed by atoms with Gasteiger partial charge in [0.15, 0.2) is 0 Å². The van der Waals surface area contributed by atoms with Crippen LogP contribution >= 0.6 is 0 Å². The highest BCUT2D eigenvalue weighted by Crippen LogP contribution is 2.43. The number of likely N-dealkylation sites (N-methyl/N-ethyl adjacent to an activating group) is 3. The second-order valence-corrected chi connectivity index (χ2v) is 33.5. The van der Waals surface area contributed by atoms with Crippen LogP contribution in [0.3, 0.4) is 0 Å². The lowest BCUT2D eigenvalue weighted by Crippen LogP contribution is -2.43. The molecule has 3 saturated heterocycles. The smallest absolute Gasteiger partial charge is 0.224 e. The Morgan fingerprint density at radius 1 is 0.411 bits per heavy atom. The van der Waals surface area contributed by atoms with Crippen LogP contribution in [-0.4, -0.2) is 236 Å². The van der Waals surface area contributed by atoms with Gasteiger partial charge in [-0.2, -0.15) is 15.0 Å². The number of aromatic nitrogens is 9. The fourth-order valence-corrected chi connectivity index (χ4v) is 17.7. The zero-order valence-electron chi connectivity index (χ0n) is 65.8. The van der Waals surface area contributed by atoms with Crippen molar-refractivity contribution in [1.82, 2.24) is 73.0 Å². The Morgan fingerprint density at radius 3 is 1.02 bits per heavy atom. The molecule has 0 amide bonds. The first kappa shape index (κ1) is 83.9. The SMILES string of the molecule is C.C.C.CCC1CC1Nc1ncc2c(-c3ccc(CN4CCN(C)CC4)cc3)cn(C3CCC(O)CC3)c2n1.CCC[C@H](CC)Nc1ncc2c(-c3ccc(CN4CCN(C)CC4)cc3)cn(C3CCC(O)CC3)c2n1.CN1CCN(Cc2ccc(-c3cn(C4CCC(O)CC4)c4nc(NC5CC5CO)ncc34)cc2)CC1. The molecule has 5 saturated carbocycles. The molecule has 3 aromatic carbocycles. The van der Waals surface area contributed by atoms with Crippen LogP contribution in [0.15, 0.2) is 110 Å². The number of hydrogen-bond acceptors (Lipinski definition) is 19. The van der Waals surface area contributed by atoms with Gasteiger partial charge in [0.05, 0.1) is 18.3 Å². The second kappa shape index (κ2) is 38.8. The van der Waals surface area contributed by atoms with Crippen molar-refractivity contribution in [2.75, 3.05) is 122 Å². The van der Waals surface area contributed by atoms with E-state index in [1.807, 2.05) is 18.6 Å². The molecule has 22 heteroatoms. The minimum atomic E-state index is -0.187. The summed E-state index contributed by atoms with van der Waals surface area (Å²) < 4.78 is 7.05. The van der Waals surface area contributed by atoms with Crippen molar-refractivity contribution in [3.05, 3.63) is 127 Å². The first-order valence-electron chi connectivity index (χ1n) is 41.8. The first-order chi connectivity index (χ1) is 53.2. The molecule has 9 aromatic rings. The summed E-state index contributed by atoms with van der Waals surface area (Å²) in [6.07, 6.45) is 29.9. The van der Waals surface area contributed by atoms with Gasteiger partial charge < -0.3 is 64.8 Å². The van der Waals surface area contributed by atoms with Gasteiger partial charge in [0.2, 0.25) is 17.8 Å². The predicted octanol–water partition coefficient (Wildman–Crippen LogP) is 14.9. The van der Waals surface area contributed by atoms with E-state index in [1.54, 1.807) is 0 Å². The molecule has 4 unspecified atom stereocenters. The summed E-state index contributed by atoms with van der Waals surface area (Å²) in [6.45, 7) is 23.5. The van der Waals surface area contributed by atoms with Gasteiger partial charge in [-0.3, -0.25) is 14.7 Å². The Bertz CT molecular complexity index is 4190. The van der Waals surface area contributed by atoms with Crippen molar-refractivity contribution in [3.8, 4) is 33.4 Å². The minimum absolute atomic E-state index is 0. The van der Waals surface area contributed by atoms with Gasteiger partial charge >= 0.3 is 0 Å². The maximum Gasteiger partial charge on any atom is 0.224 e. The van der Waals surface area contributed by atoms with Crippen LogP contribution in [0.4, 0.5) is 17.8 Å². The molecule has 0 bridgehead atoms. The zero-order valence-corrected chi connectivity index (χ0v) is 65.8. The number of hydrogen-bond donors (Lipinski definition) is 7. The molecule has 5 aliphatic carbocycles. The average Bonchev–Trinajstić information content (AvgIpc) is 1.62. The molecule has 112 heavy (non-hydrogen) atoms. The molecule has 8 aliphatic rings. The van der Waals surface area contributed by atoms with Crippen molar-refractivity contribution in [1.29, 1.82) is 0 Å². The van der Waals surface area contributed by atoms with Crippen molar-refractivity contribution in [2.24, 2.45) is 11.8 Å². The highest BCUT2D eigenvalue weighted by molar-refractivity contribution is 5.96. The summed E-state index contributed by atoms with van der Waals surface area (Å²) in [4.78, 5) is 44.0. The molecule has 3 aliphatic heterocycles. The van der Waals surface area contributed by atoms with E-state index >= 15 is 0 Å². The summed E-state index contributed by atoms with van der Waals surface area (Å²) in [6, 6.07) is 29.4. The van der Waals surface area contributed by atoms with Gasteiger partial charge in [0.25, 0.3) is 0 Å². The average molecular weight is 1530 g/mol. The van der Waals surface area contributed by atoms with Crippen molar-refractivity contribution in [2.45, 2.75) is 233 Å². The zero-order chi connectivity index (χ0) is 75.1. The van der Waals surface area contributed by atoms with Crippen LogP contribution in [0, 0.1) is 11.8 Å². The number of nitrogens with one attached hydrogen (secondary N) is 3. The van der Waals surface area contributed by atoms with E-state index in [4.69, 9.17) is 24.9 Å². The van der Waals surface area contributed by atoms with E-state index in [-0.39, 0.29) is 53.2 Å². The Labute approximate surface area is 667 Å². The molecular formula is C90H134N18O4. The molecule has 22 nitrogen and oxygen atoms in total. The third-order valence-corrected chi connectivity index (χ3v) is 25.4. The van der Waals surface area contributed by atoms with Crippen LogP contribution in [-0.2, 0) is 19.6 Å². The van der Waals surface area contributed by atoms with E-state index in [0.717, 1.165) is 257 Å². The maximum atomic E-state index is 10.1. The summed E-state index contributed by atoms with van der Waals surface area (Å²) >= 11 is 0. The number of aliphatic hydroxyl groups is 4. The lowest BCUT2D eigenvalue weighted by atomic mass is 9.93. The third-order valence-electron chi connectivity index (χ3n) is 25.4. The minimum Gasteiger partial charge on any atom is -0.396 e. The molecule has 9 heterocycles. The van der Waals surface area contributed by atoms with E-state index in [9.17, 15) is 20.4 Å². The molecule has 608 valence electrons. The Kier molecular flexibility index (Phi) is 29.1. The van der Waals surface area contributed by atoms with Gasteiger partial charge in [-0.1, -0.05) is 129 Å². The van der Waals surface area contributed by atoms with Crippen molar-refractivity contribution in [3.63, 3.8) is 0 Å². The number of piperazine rings is 3. The maximum absolute atomic E-state index is 10.1. The molecule has 0 radical (unpaired) electrons. The van der Waals surface area contributed by atoms with Gasteiger partial charge in [-0.05, 0) is 163 Å². The van der Waals surface area contributed by atoms with E-state index < -0.39 is 0 Å². The number of anilines is 3. The summed E-state index contributed by atoms with van der Waals surface area (Å²) in [5.41, 5.74) is 14.2. The standard InChI is InChI=1S/C30H44N6O.C29H40N6O.C28H38N6O2.3CH4/c1-4-6-24(5-2)32-30-31-19-27-28(21-36(29(27)33-30)25-11-13-26(37)14-12-25)23-9-7-22(8-10-23)20-35-17-15-34(3)16-18-35;1-3-21-16-27(21)31-29-30-17-25-26(19-35(28(25)32-29)23-8-10-24(36)11-9-23)22-6-4-20(5-7-22)18-34-14-12-33(2)13-15-34;1-32-10-12-33(13-11-32)16-19-2-4-20(5-3-19)25-17-34(22-6-8-23(36)9-7-22)27-24(25)15-29-28(31-27)30-26-14-21(26)18-35;;;/h7-10,19,21,24-26,37H,4-6,11-18,20H2,1-3H3,(H,31,32,33);4-7,17,19,21,23-24,27,36H,3,8-16,18H2,1-2H3,(H,30,31,32);2-5,15,17,21-23,26,35-36H,6-14,16,18H2,1H3,(H,29,30,31);3*1H4/t24-,25?,26?;;;;;/m0...../s1. The number of nitrogens with zero attached hydrogens (tertiary/aromatic N) is 15. The lowest BCUT2D eigenvalue weighted by molar-refractivity contribution is 0.111. The summed E-state index contributed by atoms with van der Waals surface area (Å²) in [5.74, 6) is 3.14. The fourth-order valence-electron chi connectivity index (χ4n) is 17.7. The van der Waals surface area contributed by atoms with E-state index in [2.05, 4.69) is 197 Å². The lowest BCUT2D eigenvalue weighted by Gasteiger charge is -2.32. The Hall–Kier alpha value is -7.48. The number of rotatable bonds is 23. The Balaban J connectivity index is 0.000000154. The van der Waals surface area contributed by atoms with Gasteiger partial charge in [0, 0.05) is 217 Å². The van der Waals surface area contributed by atoms with Gasteiger partial charge in [0.1, 0.15) is 16.9 Å². The van der Waals surface area contributed by atoms with Gasteiger partial charge in [-0.25, -0.2) is 15.0 Å². The highest BCUT2D eigenvalue weighted by atomic mass is 16.3. The second-order valence-electron chi connectivity index (χ2n) is 33.5. The molecular weight excluding hydrogens is 1400 g/mol. The number of benzene rings is 3. The summed E-state index contributed by atoms with van der Waals surface area (Å²) in [5, 5.41) is 53.4. The van der Waals surface area contributed by atoms with E-state index in [0.29, 0.717) is 42.1 Å². The highest BCUT2D eigenvalue weighted by Gasteiger charge is 2.38. The molecule has 0 spiro atoms. The topological polar surface area (TPSA) is 229 Å². The molecule has 6 aromatic heterocycles. The van der Waals surface area contributed by atoms with Crippen molar-refractivity contribution < 1.29 is 20.4 Å². The van der Waals surface area contributed by atoms with Crippen molar-refractivity contribution >= 4 is 50.9 Å². The predicted molar refractivity (Wildman–Crippen MR) is 459 cm³/mol. The summed E-state index contributed by atoms with van der Waals surface area (Å²) in [7, 11) is 6.60. The Morgan fingerprint density at radius 2 is 0.723 bits per heavy atom. The van der Waals surface area contributed by atoms with Crippen LogP contribution in [0.25, 0.3) is 66.5 Å². The largest absolute Gasteiger partial charge is 0.396 e. The quantitative estimate of drug-likeness (QED) is 0.0316. The molecule has 8 fully saturated rings. The van der Waals surface area contributed by atoms with Crippen LogP contribution < -0.4 is 16.0 Å². The van der Waals surface area contributed by atoms with Crippen LogP contribution in [0.1, 0.15) is 193 Å². The van der Waals surface area contributed by atoms with Crippen LogP contribution in [0.5, 0.6) is 0 Å². The fraction of sp³-hybridized carbons (Fsp3) is 0.600. The third kappa shape index (κ3) is 20.6. The number of aliphatic hydroxyl groups excluding tert-OH is 4. The molecule has 17 rings (SSSR count). The molecule has 7 N–H and O–H groups in total. The molecule has 5 atom stereocenters. The number of fused-ring (bicyclic) bond motifs is 3.